The molecule has 1 amide bonds. The van der Waals surface area contributed by atoms with Crippen LogP contribution < -0.4 is 5.32 Å². The van der Waals surface area contributed by atoms with Crippen molar-refractivity contribution in [2.75, 3.05) is 26.2 Å². The van der Waals surface area contributed by atoms with E-state index < -0.39 is 0 Å². The van der Waals surface area contributed by atoms with Crippen LogP contribution in [0.2, 0.25) is 5.02 Å². The Labute approximate surface area is 133 Å². The van der Waals surface area contributed by atoms with Crippen LogP contribution in [0.4, 0.5) is 0 Å². The molecule has 1 aromatic carbocycles. The molecule has 1 N–H and O–H groups in total. The third-order valence-electron chi connectivity index (χ3n) is 3.77. The average molecular weight is 360 g/mol. The first-order valence-electron chi connectivity index (χ1n) is 7.07. The van der Waals surface area contributed by atoms with Gasteiger partial charge in [-0.2, -0.15) is 0 Å². The molecule has 0 radical (unpaired) electrons. The molecule has 0 atom stereocenters. The number of carbonyl (C=O) groups excluding carboxylic acids is 1. The highest BCUT2D eigenvalue weighted by Crippen LogP contribution is 2.23. The number of amides is 1. The van der Waals surface area contributed by atoms with E-state index in [1.165, 1.54) is 0 Å². The van der Waals surface area contributed by atoms with Gasteiger partial charge < -0.3 is 10.2 Å². The fraction of sp³-hybridized carbons (Fsp3) is 0.533. The molecule has 110 valence electrons. The first-order chi connectivity index (χ1) is 9.61. The minimum Gasteiger partial charge on any atom is -0.339 e. The molecule has 1 aliphatic rings. The van der Waals surface area contributed by atoms with Gasteiger partial charge >= 0.3 is 0 Å². The Balaban J connectivity index is 2.09. The van der Waals surface area contributed by atoms with Crippen LogP contribution in [-0.2, 0) is 0 Å². The van der Waals surface area contributed by atoms with Crippen molar-refractivity contribution in [2.45, 2.75) is 19.8 Å². The third kappa shape index (κ3) is 3.96. The van der Waals surface area contributed by atoms with Gasteiger partial charge in [0.25, 0.3) is 5.91 Å². The van der Waals surface area contributed by atoms with Gasteiger partial charge in [-0.15, -0.1) is 0 Å². The quantitative estimate of drug-likeness (QED) is 0.891. The van der Waals surface area contributed by atoms with E-state index in [0.29, 0.717) is 16.5 Å². The predicted molar refractivity (Wildman–Crippen MR) is 86.3 cm³/mol. The van der Waals surface area contributed by atoms with E-state index in [4.69, 9.17) is 11.6 Å². The molecule has 0 saturated carbocycles. The second-order valence-electron chi connectivity index (χ2n) is 5.16. The summed E-state index contributed by atoms with van der Waals surface area (Å²) in [5, 5.41) is 3.95. The van der Waals surface area contributed by atoms with Crippen LogP contribution >= 0.6 is 27.5 Å². The number of nitrogens with zero attached hydrogens (tertiary/aromatic N) is 1. The Kier molecular flexibility index (Phi) is 5.87. The molecule has 0 spiro atoms. The van der Waals surface area contributed by atoms with Crippen LogP contribution in [-0.4, -0.2) is 37.0 Å². The molecule has 5 heteroatoms. The van der Waals surface area contributed by atoms with Gasteiger partial charge in [-0.05, 0) is 72.9 Å². The topological polar surface area (TPSA) is 32.3 Å². The second kappa shape index (κ2) is 7.43. The molecule has 1 aromatic rings. The van der Waals surface area contributed by atoms with Gasteiger partial charge in [0.05, 0.1) is 5.56 Å². The zero-order valence-corrected chi connectivity index (χ0v) is 14.0. The molecule has 0 bridgehead atoms. The summed E-state index contributed by atoms with van der Waals surface area (Å²) in [4.78, 5) is 14.6. The number of hydrogen-bond acceptors (Lipinski definition) is 2. The molecule has 0 unspecified atom stereocenters. The number of halogens is 2. The van der Waals surface area contributed by atoms with E-state index in [1.54, 1.807) is 12.1 Å². The van der Waals surface area contributed by atoms with Crippen molar-refractivity contribution in [3.63, 3.8) is 0 Å². The highest BCUT2D eigenvalue weighted by molar-refractivity contribution is 9.10. The lowest BCUT2D eigenvalue weighted by atomic mass is 9.97. The number of hydrogen-bond donors (Lipinski definition) is 1. The Hall–Kier alpha value is -0.580. The molecule has 20 heavy (non-hydrogen) atoms. The summed E-state index contributed by atoms with van der Waals surface area (Å²) in [7, 11) is 0. The van der Waals surface area contributed by atoms with Crippen LogP contribution in [0.5, 0.6) is 0 Å². The highest BCUT2D eigenvalue weighted by atomic mass is 79.9. The van der Waals surface area contributed by atoms with Crippen LogP contribution in [0.1, 0.15) is 30.1 Å². The zero-order chi connectivity index (χ0) is 14.5. The third-order valence-corrected chi connectivity index (χ3v) is 4.69. The molecule has 1 aliphatic heterocycles. The lowest BCUT2D eigenvalue weighted by Crippen LogP contribution is -2.39. The fourth-order valence-electron chi connectivity index (χ4n) is 2.56. The van der Waals surface area contributed by atoms with E-state index in [0.717, 1.165) is 43.5 Å². The molecule has 0 aliphatic carbocycles. The van der Waals surface area contributed by atoms with E-state index in [2.05, 4.69) is 21.2 Å². The summed E-state index contributed by atoms with van der Waals surface area (Å²) in [6.07, 6.45) is 2.28. The summed E-state index contributed by atoms with van der Waals surface area (Å²) >= 11 is 9.44. The van der Waals surface area contributed by atoms with E-state index in [9.17, 15) is 4.79 Å². The molecule has 1 fully saturated rings. The average Bonchev–Trinajstić information content (AvgIpc) is 2.47. The minimum absolute atomic E-state index is 0.0559. The second-order valence-corrected chi connectivity index (χ2v) is 6.45. The monoisotopic (exact) mass is 358 g/mol. The summed E-state index contributed by atoms with van der Waals surface area (Å²) in [5.74, 6) is 0.651. The summed E-state index contributed by atoms with van der Waals surface area (Å²) in [5.41, 5.74) is 0.647. The lowest BCUT2D eigenvalue weighted by Gasteiger charge is -2.29. The fourth-order valence-corrected chi connectivity index (χ4v) is 3.15. The molecule has 0 aromatic heterocycles. The standard InChI is InChI=1S/C15H20BrClN2O/c1-2-19(10-11-5-7-18-8-6-11)15(20)13-9-12(17)3-4-14(13)16/h3-4,9,11,18H,2,5-8,10H2,1H3. The first kappa shape index (κ1) is 15.8. The molecule has 2 rings (SSSR count). The Morgan fingerprint density at radius 1 is 1.45 bits per heavy atom. The van der Waals surface area contributed by atoms with Gasteiger partial charge in [0.15, 0.2) is 0 Å². The molecule has 1 saturated heterocycles. The Morgan fingerprint density at radius 2 is 2.15 bits per heavy atom. The van der Waals surface area contributed by atoms with E-state index in [1.807, 2.05) is 17.9 Å². The molecular weight excluding hydrogens is 340 g/mol. The van der Waals surface area contributed by atoms with E-state index in [-0.39, 0.29) is 5.91 Å². The summed E-state index contributed by atoms with van der Waals surface area (Å²) in [6.45, 7) is 5.68. The molecular formula is C15H20BrClN2O. The Morgan fingerprint density at radius 3 is 2.80 bits per heavy atom. The van der Waals surface area contributed by atoms with Crippen LogP contribution in [0.15, 0.2) is 22.7 Å². The van der Waals surface area contributed by atoms with Crippen LogP contribution in [0, 0.1) is 5.92 Å². The van der Waals surface area contributed by atoms with Crippen molar-refractivity contribution in [3.8, 4) is 0 Å². The maximum Gasteiger partial charge on any atom is 0.255 e. The normalized spacial score (nSPS) is 16.1. The van der Waals surface area contributed by atoms with Gasteiger partial charge in [0.1, 0.15) is 0 Å². The van der Waals surface area contributed by atoms with Crippen molar-refractivity contribution < 1.29 is 4.79 Å². The maximum atomic E-state index is 12.6. The lowest BCUT2D eigenvalue weighted by molar-refractivity contribution is 0.0726. The van der Waals surface area contributed by atoms with Crippen molar-refractivity contribution in [1.82, 2.24) is 10.2 Å². The van der Waals surface area contributed by atoms with Gasteiger partial charge in [-0.3, -0.25) is 4.79 Å². The highest BCUT2D eigenvalue weighted by Gasteiger charge is 2.22. The number of rotatable bonds is 4. The summed E-state index contributed by atoms with van der Waals surface area (Å²) in [6, 6.07) is 5.35. The predicted octanol–water partition coefficient (Wildman–Crippen LogP) is 3.56. The number of piperidine rings is 1. The maximum absolute atomic E-state index is 12.6. The van der Waals surface area contributed by atoms with Gasteiger partial charge in [-0.25, -0.2) is 0 Å². The number of carbonyl (C=O) groups is 1. The van der Waals surface area contributed by atoms with Crippen LogP contribution in [0.25, 0.3) is 0 Å². The van der Waals surface area contributed by atoms with Crippen molar-refractivity contribution in [2.24, 2.45) is 5.92 Å². The largest absolute Gasteiger partial charge is 0.339 e. The van der Waals surface area contributed by atoms with Gasteiger partial charge in [-0.1, -0.05) is 11.6 Å². The Bertz CT molecular complexity index is 475. The van der Waals surface area contributed by atoms with E-state index >= 15 is 0 Å². The van der Waals surface area contributed by atoms with Crippen molar-refractivity contribution in [3.05, 3.63) is 33.3 Å². The van der Waals surface area contributed by atoms with Gasteiger partial charge in [0.2, 0.25) is 0 Å². The molecule has 3 nitrogen and oxygen atoms in total. The smallest absolute Gasteiger partial charge is 0.255 e. The van der Waals surface area contributed by atoms with Crippen molar-refractivity contribution >= 4 is 33.4 Å². The number of benzene rings is 1. The minimum atomic E-state index is 0.0559. The SMILES string of the molecule is CCN(CC1CCNCC1)C(=O)c1cc(Cl)ccc1Br. The molecule has 1 heterocycles. The van der Waals surface area contributed by atoms with Crippen LogP contribution in [0.3, 0.4) is 0 Å². The first-order valence-corrected chi connectivity index (χ1v) is 8.24. The zero-order valence-electron chi connectivity index (χ0n) is 11.7. The van der Waals surface area contributed by atoms with Crippen molar-refractivity contribution in [1.29, 1.82) is 0 Å². The summed E-state index contributed by atoms with van der Waals surface area (Å²) < 4.78 is 0.802. The van der Waals surface area contributed by atoms with Gasteiger partial charge in [0, 0.05) is 22.6 Å². The number of nitrogens with one attached hydrogen (secondary N) is 1.